The summed E-state index contributed by atoms with van der Waals surface area (Å²) < 4.78 is 31.7. The number of carbonyl (C=O) groups excluding carboxylic acids is 2. The van der Waals surface area contributed by atoms with Crippen molar-refractivity contribution in [3.8, 4) is 0 Å². The Morgan fingerprint density at radius 1 is 1.33 bits per heavy atom. The highest BCUT2D eigenvalue weighted by molar-refractivity contribution is 5.95. The molecule has 0 unspecified atom stereocenters. The molecular weight excluding hydrogens is 282 g/mol. The first-order valence-corrected chi connectivity index (χ1v) is 6.71. The molecule has 5 nitrogen and oxygen atoms in total. The van der Waals surface area contributed by atoms with E-state index in [2.05, 4.69) is 5.32 Å². The van der Waals surface area contributed by atoms with Gasteiger partial charge in [0.25, 0.3) is 0 Å². The van der Waals surface area contributed by atoms with E-state index in [0.717, 1.165) is 11.0 Å². The summed E-state index contributed by atoms with van der Waals surface area (Å²) in [7, 11) is 0. The van der Waals surface area contributed by atoms with Gasteiger partial charge in [-0.15, -0.1) is 0 Å². The lowest BCUT2D eigenvalue weighted by atomic mass is 9.87. The highest BCUT2D eigenvalue weighted by atomic mass is 19.1. The van der Waals surface area contributed by atoms with E-state index in [0.29, 0.717) is 13.1 Å². The molecule has 2 aliphatic rings. The van der Waals surface area contributed by atoms with Gasteiger partial charge in [-0.3, -0.25) is 4.79 Å². The lowest BCUT2D eigenvalue weighted by Crippen LogP contribution is -2.39. The maximum absolute atomic E-state index is 13.9. The molecule has 0 radical (unpaired) electrons. The molecule has 1 aromatic rings. The normalized spacial score (nSPS) is 25.2. The number of nitrogens with one attached hydrogen (secondary N) is 1. The number of hydrogen-bond acceptors (Lipinski definition) is 4. The van der Waals surface area contributed by atoms with Gasteiger partial charge in [0.05, 0.1) is 12.5 Å². The van der Waals surface area contributed by atoms with Gasteiger partial charge in [0, 0.05) is 25.1 Å². The minimum Gasteiger partial charge on any atom is -0.447 e. The van der Waals surface area contributed by atoms with E-state index < -0.39 is 29.6 Å². The van der Waals surface area contributed by atoms with Crippen molar-refractivity contribution in [2.24, 2.45) is 5.92 Å². The Labute approximate surface area is 119 Å². The minimum atomic E-state index is -0.675. The number of hydrogen-bond donors (Lipinski definition) is 1. The monoisotopic (exact) mass is 296 g/mol. The summed E-state index contributed by atoms with van der Waals surface area (Å²) in [6.45, 7) is 1.15. The molecule has 21 heavy (non-hydrogen) atoms. The Morgan fingerprint density at radius 3 is 2.81 bits per heavy atom. The van der Waals surface area contributed by atoms with Crippen molar-refractivity contribution in [3.05, 3.63) is 35.4 Å². The van der Waals surface area contributed by atoms with Crippen LogP contribution in [0.4, 0.5) is 13.6 Å². The predicted octanol–water partition coefficient (Wildman–Crippen LogP) is 1.25. The average molecular weight is 296 g/mol. The van der Waals surface area contributed by atoms with Crippen LogP contribution in [0.3, 0.4) is 0 Å². The molecule has 0 bridgehead atoms. The van der Waals surface area contributed by atoms with E-state index >= 15 is 0 Å². The molecule has 2 atom stereocenters. The summed E-state index contributed by atoms with van der Waals surface area (Å²) in [4.78, 5) is 24.9. The third-order valence-corrected chi connectivity index (χ3v) is 3.92. The number of halogens is 2. The van der Waals surface area contributed by atoms with Crippen molar-refractivity contribution in [1.82, 2.24) is 10.2 Å². The largest absolute Gasteiger partial charge is 0.447 e. The molecule has 1 N–H and O–H groups in total. The summed E-state index contributed by atoms with van der Waals surface area (Å²) in [5.41, 5.74) is 0.285. The van der Waals surface area contributed by atoms with Crippen LogP contribution in [0.15, 0.2) is 18.2 Å². The fourth-order valence-corrected chi connectivity index (χ4v) is 2.86. The first-order chi connectivity index (χ1) is 10.1. The molecule has 2 amide bonds. The lowest BCUT2D eigenvalue weighted by Gasteiger charge is -2.21. The average Bonchev–Trinajstić information content (AvgIpc) is 3.07. The molecule has 7 heteroatoms. The zero-order chi connectivity index (χ0) is 15.0. The quantitative estimate of drug-likeness (QED) is 0.892. The van der Waals surface area contributed by atoms with Gasteiger partial charge in [-0.25, -0.2) is 18.5 Å². The van der Waals surface area contributed by atoms with Crippen LogP contribution < -0.4 is 5.32 Å². The maximum Gasteiger partial charge on any atom is 0.416 e. The highest BCUT2D eigenvalue weighted by Crippen LogP contribution is 2.32. The number of benzene rings is 1. The summed E-state index contributed by atoms with van der Waals surface area (Å²) in [6.07, 6.45) is -0.662. The Hall–Kier alpha value is -2.02. The van der Waals surface area contributed by atoms with Crippen LogP contribution in [0, 0.1) is 17.6 Å². The molecule has 0 aliphatic carbocycles. The Morgan fingerprint density at radius 2 is 2.14 bits per heavy atom. The van der Waals surface area contributed by atoms with Crippen molar-refractivity contribution < 1.29 is 23.1 Å². The van der Waals surface area contributed by atoms with Crippen LogP contribution in [0.1, 0.15) is 11.5 Å². The lowest BCUT2D eigenvalue weighted by molar-refractivity contribution is -0.131. The zero-order valence-corrected chi connectivity index (χ0v) is 11.1. The number of carbonyl (C=O) groups is 2. The van der Waals surface area contributed by atoms with Gasteiger partial charge in [0.1, 0.15) is 18.2 Å². The summed E-state index contributed by atoms with van der Waals surface area (Å²) in [6, 6.07) is 3.33. The highest BCUT2D eigenvalue weighted by Gasteiger charge is 2.41. The van der Waals surface area contributed by atoms with Crippen LogP contribution >= 0.6 is 0 Å². The van der Waals surface area contributed by atoms with Gasteiger partial charge >= 0.3 is 6.09 Å². The second kappa shape index (κ2) is 5.40. The van der Waals surface area contributed by atoms with Crippen molar-refractivity contribution in [2.75, 3.05) is 26.2 Å². The topological polar surface area (TPSA) is 58.6 Å². The molecule has 0 saturated carbocycles. The van der Waals surface area contributed by atoms with Crippen LogP contribution in [-0.2, 0) is 9.53 Å². The Kier molecular flexibility index (Phi) is 3.59. The molecule has 2 fully saturated rings. The van der Waals surface area contributed by atoms with Gasteiger partial charge < -0.3 is 10.1 Å². The summed E-state index contributed by atoms with van der Waals surface area (Å²) in [5.74, 6) is -2.70. The molecular formula is C14H14F2N2O3. The minimum absolute atomic E-state index is 0.181. The van der Waals surface area contributed by atoms with E-state index in [1.165, 1.54) is 12.1 Å². The first kappa shape index (κ1) is 13.9. The van der Waals surface area contributed by atoms with E-state index in [4.69, 9.17) is 4.74 Å². The van der Waals surface area contributed by atoms with E-state index in [-0.39, 0.29) is 24.6 Å². The van der Waals surface area contributed by atoms with Crippen molar-refractivity contribution in [2.45, 2.75) is 5.92 Å². The molecule has 2 heterocycles. The third kappa shape index (κ3) is 2.49. The fraction of sp³-hybridized carbons (Fsp3) is 0.429. The smallest absolute Gasteiger partial charge is 0.416 e. The van der Waals surface area contributed by atoms with Gasteiger partial charge in [-0.05, 0) is 11.6 Å². The predicted molar refractivity (Wildman–Crippen MR) is 68.5 cm³/mol. The summed E-state index contributed by atoms with van der Waals surface area (Å²) in [5, 5.41) is 3.02. The van der Waals surface area contributed by atoms with E-state index in [1.807, 2.05) is 0 Å². The van der Waals surface area contributed by atoms with Crippen LogP contribution in [0.25, 0.3) is 0 Å². The number of amides is 2. The SMILES string of the molecule is O=C1OCCN1C(=O)[C@H]1CNC[C@@H]1c1ccc(F)cc1F. The van der Waals surface area contributed by atoms with Crippen LogP contribution in [0.5, 0.6) is 0 Å². The van der Waals surface area contributed by atoms with Crippen LogP contribution in [-0.4, -0.2) is 43.1 Å². The molecule has 1 aromatic carbocycles. The fourth-order valence-electron chi connectivity index (χ4n) is 2.86. The Balaban J connectivity index is 1.85. The molecule has 112 valence electrons. The van der Waals surface area contributed by atoms with Gasteiger partial charge in [0.2, 0.25) is 5.91 Å². The van der Waals surface area contributed by atoms with Crippen molar-refractivity contribution >= 4 is 12.0 Å². The first-order valence-electron chi connectivity index (χ1n) is 6.71. The molecule has 0 aromatic heterocycles. The Bertz CT molecular complexity index is 594. The number of imide groups is 1. The second-order valence-corrected chi connectivity index (χ2v) is 5.14. The summed E-state index contributed by atoms with van der Waals surface area (Å²) >= 11 is 0. The van der Waals surface area contributed by atoms with Crippen LogP contribution in [0.2, 0.25) is 0 Å². The molecule has 2 saturated heterocycles. The third-order valence-electron chi connectivity index (χ3n) is 3.92. The van der Waals surface area contributed by atoms with Gasteiger partial charge in [0.15, 0.2) is 0 Å². The molecule has 0 spiro atoms. The maximum atomic E-state index is 13.9. The van der Waals surface area contributed by atoms with Gasteiger partial charge in [-0.2, -0.15) is 0 Å². The van der Waals surface area contributed by atoms with Gasteiger partial charge in [-0.1, -0.05) is 6.07 Å². The second-order valence-electron chi connectivity index (χ2n) is 5.14. The standard InChI is InChI=1S/C14H14F2N2O3/c15-8-1-2-9(12(16)5-8)10-6-17-7-11(10)13(19)18-3-4-21-14(18)20/h1-2,5,10-11,17H,3-4,6-7H2/t10-,11+/m1/s1. The number of nitrogens with zero attached hydrogens (tertiary/aromatic N) is 1. The molecule has 3 rings (SSSR count). The number of cyclic esters (lactones) is 1. The van der Waals surface area contributed by atoms with Crippen molar-refractivity contribution in [1.29, 1.82) is 0 Å². The molecule has 2 aliphatic heterocycles. The van der Waals surface area contributed by atoms with Crippen molar-refractivity contribution in [3.63, 3.8) is 0 Å². The zero-order valence-electron chi connectivity index (χ0n) is 11.1. The van der Waals surface area contributed by atoms with E-state index in [1.54, 1.807) is 0 Å². The van der Waals surface area contributed by atoms with E-state index in [9.17, 15) is 18.4 Å². The number of rotatable bonds is 2. The number of ether oxygens (including phenoxy) is 1.